The van der Waals surface area contributed by atoms with Crippen molar-refractivity contribution < 1.29 is 19.1 Å². The minimum atomic E-state index is -0.828. The van der Waals surface area contributed by atoms with Gasteiger partial charge in [-0.2, -0.15) is 0 Å². The Labute approximate surface area is 171 Å². The fraction of sp³-hybridized carbons (Fsp3) is 0.263. The predicted molar refractivity (Wildman–Crippen MR) is 107 cm³/mol. The molecule has 2 N–H and O–H groups in total. The van der Waals surface area contributed by atoms with Gasteiger partial charge in [-0.15, -0.1) is 0 Å². The van der Waals surface area contributed by atoms with Crippen molar-refractivity contribution in [3.05, 3.63) is 57.5 Å². The first-order valence-corrected chi connectivity index (χ1v) is 9.48. The molecule has 27 heavy (non-hydrogen) atoms. The van der Waals surface area contributed by atoms with Crippen LogP contribution in [0.25, 0.3) is 0 Å². The van der Waals surface area contributed by atoms with Crippen LogP contribution in [0.4, 0.5) is 0 Å². The highest BCUT2D eigenvalue weighted by atomic mass is 79.9. The minimum Gasteiger partial charge on any atom is -0.484 e. The molecule has 0 radical (unpaired) electrons. The molecule has 0 aliphatic carbocycles. The molecule has 1 unspecified atom stereocenters. The average molecular weight is 456 g/mol. The molecule has 144 valence electrons. The van der Waals surface area contributed by atoms with Gasteiger partial charge in [0, 0.05) is 5.02 Å². The van der Waals surface area contributed by atoms with Crippen molar-refractivity contribution in [2.75, 3.05) is 6.61 Å². The standard InChI is InChI=1S/C19H20BrClN2O4/c1-3-13-4-7-15(8-5-13)26-11-18(24)22-23-19(25)12(2)27-17-9-6-14(21)10-16(17)20/h4-10,12H,3,11H2,1-2H3,(H,22,24)(H,23,25). The number of ether oxygens (including phenoxy) is 2. The van der Waals surface area contributed by atoms with E-state index in [0.29, 0.717) is 21.0 Å². The average Bonchev–Trinajstić information content (AvgIpc) is 2.66. The molecule has 0 saturated carbocycles. The van der Waals surface area contributed by atoms with E-state index in [1.165, 1.54) is 5.56 Å². The molecule has 0 saturated heterocycles. The summed E-state index contributed by atoms with van der Waals surface area (Å²) in [4.78, 5) is 23.8. The van der Waals surface area contributed by atoms with Crippen LogP contribution < -0.4 is 20.3 Å². The molecule has 2 aromatic rings. The van der Waals surface area contributed by atoms with Crippen LogP contribution in [-0.4, -0.2) is 24.5 Å². The molecular formula is C19H20BrClN2O4. The summed E-state index contributed by atoms with van der Waals surface area (Å²) >= 11 is 9.18. The van der Waals surface area contributed by atoms with Crippen molar-refractivity contribution in [1.29, 1.82) is 0 Å². The van der Waals surface area contributed by atoms with E-state index >= 15 is 0 Å². The maximum atomic E-state index is 12.0. The van der Waals surface area contributed by atoms with Gasteiger partial charge in [0.15, 0.2) is 12.7 Å². The minimum absolute atomic E-state index is 0.219. The monoisotopic (exact) mass is 454 g/mol. The van der Waals surface area contributed by atoms with Crippen LogP contribution in [0.15, 0.2) is 46.9 Å². The number of hydrogen-bond acceptors (Lipinski definition) is 4. The summed E-state index contributed by atoms with van der Waals surface area (Å²) in [6, 6.07) is 12.4. The van der Waals surface area contributed by atoms with Crippen molar-refractivity contribution in [3.63, 3.8) is 0 Å². The van der Waals surface area contributed by atoms with E-state index in [4.69, 9.17) is 21.1 Å². The SMILES string of the molecule is CCc1ccc(OCC(=O)NNC(=O)C(C)Oc2ccc(Cl)cc2Br)cc1. The molecule has 0 aliphatic rings. The molecule has 0 bridgehead atoms. The van der Waals surface area contributed by atoms with Gasteiger partial charge in [-0.1, -0.05) is 30.7 Å². The summed E-state index contributed by atoms with van der Waals surface area (Å²) < 4.78 is 11.5. The largest absolute Gasteiger partial charge is 0.484 e. The first-order chi connectivity index (χ1) is 12.9. The second-order valence-corrected chi connectivity index (χ2v) is 6.95. The summed E-state index contributed by atoms with van der Waals surface area (Å²) in [5.41, 5.74) is 5.77. The molecule has 8 heteroatoms. The maximum Gasteiger partial charge on any atom is 0.279 e. The molecule has 2 aromatic carbocycles. The molecule has 2 rings (SSSR count). The summed E-state index contributed by atoms with van der Waals surface area (Å²) in [6.07, 6.45) is 0.102. The fourth-order valence-corrected chi connectivity index (χ4v) is 2.83. The predicted octanol–water partition coefficient (Wildman–Crippen LogP) is 3.66. The summed E-state index contributed by atoms with van der Waals surface area (Å²) in [7, 11) is 0. The lowest BCUT2D eigenvalue weighted by atomic mass is 10.2. The molecule has 0 aromatic heterocycles. The lowest BCUT2D eigenvalue weighted by Crippen LogP contribution is -2.48. The lowest BCUT2D eigenvalue weighted by molar-refractivity contribution is -0.133. The first-order valence-electron chi connectivity index (χ1n) is 8.31. The number of aryl methyl sites for hydroxylation is 1. The summed E-state index contributed by atoms with van der Waals surface area (Å²) in [5, 5.41) is 0.544. The quantitative estimate of drug-likeness (QED) is 0.625. The number of nitrogens with one attached hydrogen (secondary N) is 2. The van der Waals surface area contributed by atoms with E-state index < -0.39 is 17.9 Å². The van der Waals surface area contributed by atoms with Crippen molar-refractivity contribution in [2.24, 2.45) is 0 Å². The van der Waals surface area contributed by atoms with Gasteiger partial charge in [-0.05, 0) is 65.2 Å². The molecule has 2 amide bonds. The molecule has 1 atom stereocenters. The van der Waals surface area contributed by atoms with Gasteiger partial charge in [-0.25, -0.2) is 0 Å². The Morgan fingerprint density at radius 3 is 2.48 bits per heavy atom. The van der Waals surface area contributed by atoms with Gasteiger partial charge in [0.2, 0.25) is 0 Å². The highest BCUT2D eigenvalue weighted by Crippen LogP contribution is 2.28. The number of rotatable bonds is 7. The number of halogens is 2. The Morgan fingerprint density at radius 1 is 1.15 bits per heavy atom. The zero-order valence-corrected chi connectivity index (χ0v) is 17.3. The van der Waals surface area contributed by atoms with Gasteiger partial charge in [-0.3, -0.25) is 20.4 Å². The third-order valence-corrected chi connectivity index (χ3v) is 4.45. The molecule has 0 heterocycles. The first kappa shape index (κ1) is 21.1. The van der Waals surface area contributed by atoms with Crippen LogP contribution in [-0.2, 0) is 16.0 Å². The van der Waals surface area contributed by atoms with Crippen LogP contribution in [0.3, 0.4) is 0 Å². The number of benzene rings is 2. The van der Waals surface area contributed by atoms with Crippen molar-refractivity contribution in [1.82, 2.24) is 10.9 Å². The van der Waals surface area contributed by atoms with Crippen molar-refractivity contribution in [2.45, 2.75) is 26.4 Å². The summed E-state index contributed by atoms with van der Waals surface area (Å²) in [6.45, 7) is 3.40. The number of hydrazine groups is 1. The van der Waals surface area contributed by atoms with E-state index in [1.54, 1.807) is 37.3 Å². The number of carbonyl (C=O) groups excluding carboxylic acids is 2. The van der Waals surface area contributed by atoms with E-state index in [2.05, 4.69) is 33.7 Å². The second kappa shape index (κ2) is 10.2. The molecule has 0 fully saturated rings. The van der Waals surface area contributed by atoms with Crippen molar-refractivity contribution in [3.8, 4) is 11.5 Å². The Kier molecular flexibility index (Phi) is 7.94. The van der Waals surface area contributed by atoms with Crippen LogP contribution >= 0.6 is 27.5 Å². The Balaban J connectivity index is 1.75. The van der Waals surface area contributed by atoms with Gasteiger partial charge < -0.3 is 9.47 Å². The highest BCUT2D eigenvalue weighted by Gasteiger charge is 2.17. The number of carbonyl (C=O) groups is 2. The Morgan fingerprint density at radius 2 is 1.85 bits per heavy atom. The summed E-state index contributed by atoms with van der Waals surface area (Å²) in [5.74, 6) is 0.0606. The smallest absolute Gasteiger partial charge is 0.279 e. The van der Waals surface area contributed by atoms with Gasteiger partial charge in [0.25, 0.3) is 11.8 Å². The number of hydrogen-bond donors (Lipinski definition) is 2. The topological polar surface area (TPSA) is 76.7 Å². The van der Waals surface area contributed by atoms with Crippen LogP contribution in [0, 0.1) is 0 Å². The fourth-order valence-electron chi connectivity index (χ4n) is 2.05. The second-order valence-electron chi connectivity index (χ2n) is 5.66. The number of amides is 2. The van der Waals surface area contributed by atoms with Crippen LogP contribution in [0.1, 0.15) is 19.4 Å². The van der Waals surface area contributed by atoms with Crippen LogP contribution in [0.5, 0.6) is 11.5 Å². The zero-order valence-electron chi connectivity index (χ0n) is 14.9. The Bertz CT molecular complexity index is 799. The lowest BCUT2D eigenvalue weighted by Gasteiger charge is -2.16. The molecule has 0 aliphatic heterocycles. The van der Waals surface area contributed by atoms with E-state index in [-0.39, 0.29) is 6.61 Å². The van der Waals surface area contributed by atoms with Crippen LogP contribution in [0.2, 0.25) is 5.02 Å². The third kappa shape index (κ3) is 6.77. The maximum absolute atomic E-state index is 12.0. The van der Waals surface area contributed by atoms with E-state index in [9.17, 15) is 9.59 Å². The van der Waals surface area contributed by atoms with Gasteiger partial charge in [0.1, 0.15) is 11.5 Å². The zero-order chi connectivity index (χ0) is 19.8. The molecule has 0 spiro atoms. The molecular weight excluding hydrogens is 436 g/mol. The van der Waals surface area contributed by atoms with E-state index in [0.717, 1.165) is 6.42 Å². The Hall–Kier alpha value is -2.25. The van der Waals surface area contributed by atoms with Gasteiger partial charge >= 0.3 is 0 Å². The van der Waals surface area contributed by atoms with Gasteiger partial charge in [0.05, 0.1) is 4.47 Å². The van der Waals surface area contributed by atoms with Crippen molar-refractivity contribution >= 4 is 39.3 Å². The third-order valence-electron chi connectivity index (χ3n) is 3.59. The highest BCUT2D eigenvalue weighted by molar-refractivity contribution is 9.10. The normalized spacial score (nSPS) is 11.4. The van der Waals surface area contributed by atoms with E-state index in [1.807, 2.05) is 12.1 Å². The molecule has 6 nitrogen and oxygen atoms in total.